The van der Waals surface area contributed by atoms with Gasteiger partial charge in [-0.3, -0.25) is 9.69 Å². The highest BCUT2D eigenvalue weighted by Crippen LogP contribution is 2.38. The number of nitrogens with zero attached hydrogens (tertiary/aromatic N) is 1. The first kappa shape index (κ1) is 16.8. The van der Waals surface area contributed by atoms with E-state index >= 15 is 0 Å². The molecule has 6 nitrogen and oxygen atoms in total. The molecule has 3 amide bonds. The van der Waals surface area contributed by atoms with Gasteiger partial charge in [-0.25, -0.2) is 9.18 Å². The van der Waals surface area contributed by atoms with Crippen molar-refractivity contribution in [2.75, 3.05) is 6.79 Å². The summed E-state index contributed by atoms with van der Waals surface area (Å²) < 4.78 is 24.4. The average molecular weight is 421 g/mol. The molecule has 2 aliphatic heterocycles. The Hall–Kier alpha value is -2.61. The summed E-state index contributed by atoms with van der Waals surface area (Å²) in [7, 11) is 0. The Morgan fingerprint density at radius 3 is 2.73 bits per heavy atom. The molecule has 0 bridgehead atoms. The van der Waals surface area contributed by atoms with E-state index < -0.39 is 23.3 Å². The van der Waals surface area contributed by atoms with Crippen LogP contribution in [-0.4, -0.2) is 23.6 Å². The van der Waals surface area contributed by atoms with Crippen molar-refractivity contribution >= 4 is 27.9 Å². The number of hydrogen-bond acceptors (Lipinski definition) is 4. The summed E-state index contributed by atoms with van der Waals surface area (Å²) in [6.45, 7) is 1.80. The van der Waals surface area contributed by atoms with Gasteiger partial charge in [-0.15, -0.1) is 0 Å². The molecule has 26 heavy (non-hydrogen) atoms. The predicted molar refractivity (Wildman–Crippen MR) is 93.1 cm³/mol. The van der Waals surface area contributed by atoms with Crippen molar-refractivity contribution in [3.05, 3.63) is 57.8 Å². The van der Waals surface area contributed by atoms with Crippen LogP contribution >= 0.6 is 15.9 Å². The van der Waals surface area contributed by atoms with Gasteiger partial charge in [0.25, 0.3) is 5.91 Å². The van der Waals surface area contributed by atoms with Crippen LogP contribution < -0.4 is 14.8 Å². The standard InChI is InChI=1S/C18H14BrFN2O4/c1-18(11-3-5-14-15(6-11)26-9-25-14)16(23)22(17(24)21-18)8-10-2-4-12(20)7-13(10)19/h2-7H,8-9H2,1H3,(H,21,24). The molecule has 1 unspecified atom stereocenters. The van der Waals surface area contributed by atoms with Gasteiger partial charge in [-0.05, 0) is 42.3 Å². The summed E-state index contributed by atoms with van der Waals surface area (Å²) in [5.74, 6) is 0.340. The number of urea groups is 1. The van der Waals surface area contributed by atoms with Gasteiger partial charge < -0.3 is 14.8 Å². The Balaban J connectivity index is 1.64. The first-order chi connectivity index (χ1) is 12.4. The average Bonchev–Trinajstić information content (AvgIpc) is 3.15. The molecule has 1 N–H and O–H groups in total. The Kier molecular flexibility index (Phi) is 3.87. The highest BCUT2D eigenvalue weighted by atomic mass is 79.9. The molecule has 2 aliphatic rings. The number of carbonyl (C=O) groups excluding carboxylic acids is 2. The summed E-state index contributed by atoms with van der Waals surface area (Å²) in [4.78, 5) is 26.6. The normalized spacial score (nSPS) is 21.3. The fourth-order valence-corrected chi connectivity index (χ4v) is 3.54. The second-order valence-electron chi connectivity index (χ2n) is 6.25. The van der Waals surface area contributed by atoms with Crippen LogP contribution in [0.15, 0.2) is 40.9 Å². The largest absolute Gasteiger partial charge is 0.454 e. The molecule has 0 saturated carbocycles. The molecule has 2 heterocycles. The van der Waals surface area contributed by atoms with E-state index in [9.17, 15) is 14.0 Å². The lowest BCUT2D eigenvalue weighted by molar-refractivity contribution is -0.131. The first-order valence-corrected chi connectivity index (χ1v) is 8.66. The number of benzene rings is 2. The molecule has 0 aromatic heterocycles. The first-order valence-electron chi connectivity index (χ1n) is 7.86. The quantitative estimate of drug-likeness (QED) is 0.773. The third kappa shape index (κ3) is 2.61. The summed E-state index contributed by atoms with van der Waals surface area (Å²) in [5, 5.41) is 2.74. The second kappa shape index (κ2) is 5.98. The van der Waals surface area contributed by atoms with E-state index in [2.05, 4.69) is 21.2 Å². The maximum absolute atomic E-state index is 13.3. The number of hydrogen-bond donors (Lipinski definition) is 1. The zero-order valence-electron chi connectivity index (χ0n) is 13.7. The van der Waals surface area contributed by atoms with Crippen LogP contribution in [0.25, 0.3) is 0 Å². The summed E-state index contributed by atoms with van der Waals surface area (Å²) in [6, 6.07) is 8.74. The third-order valence-corrected chi connectivity index (χ3v) is 5.31. The highest BCUT2D eigenvalue weighted by Gasteiger charge is 2.49. The van der Waals surface area contributed by atoms with Crippen LogP contribution in [0.4, 0.5) is 9.18 Å². The molecule has 1 atom stereocenters. The number of halogens is 2. The monoisotopic (exact) mass is 420 g/mol. The van der Waals surface area contributed by atoms with Gasteiger partial charge >= 0.3 is 6.03 Å². The minimum Gasteiger partial charge on any atom is -0.454 e. The number of carbonyl (C=O) groups is 2. The minimum atomic E-state index is -1.22. The van der Waals surface area contributed by atoms with Gasteiger partial charge in [0, 0.05) is 4.47 Å². The fraction of sp³-hybridized carbons (Fsp3) is 0.222. The number of amides is 3. The number of imide groups is 1. The predicted octanol–water partition coefficient (Wildman–Crippen LogP) is 3.28. The van der Waals surface area contributed by atoms with E-state index in [1.165, 1.54) is 18.2 Å². The molecule has 2 aromatic carbocycles. The van der Waals surface area contributed by atoms with Crippen molar-refractivity contribution < 1.29 is 23.5 Å². The van der Waals surface area contributed by atoms with Crippen molar-refractivity contribution in [2.24, 2.45) is 0 Å². The second-order valence-corrected chi connectivity index (χ2v) is 7.10. The Morgan fingerprint density at radius 2 is 1.96 bits per heavy atom. The van der Waals surface area contributed by atoms with E-state index in [0.717, 1.165) is 4.90 Å². The Morgan fingerprint density at radius 1 is 1.19 bits per heavy atom. The molecule has 0 aliphatic carbocycles. The Bertz CT molecular complexity index is 935. The van der Waals surface area contributed by atoms with Gasteiger partial charge in [0.1, 0.15) is 11.4 Å². The molecule has 0 spiro atoms. The van der Waals surface area contributed by atoms with Crippen LogP contribution in [0.5, 0.6) is 11.5 Å². The highest BCUT2D eigenvalue weighted by molar-refractivity contribution is 9.10. The number of nitrogens with one attached hydrogen (secondary N) is 1. The van der Waals surface area contributed by atoms with Crippen LogP contribution in [0.3, 0.4) is 0 Å². The van der Waals surface area contributed by atoms with Gasteiger partial charge in [0.15, 0.2) is 11.5 Å². The van der Waals surface area contributed by atoms with E-state index in [1.807, 2.05) is 0 Å². The van der Waals surface area contributed by atoms with Crippen molar-refractivity contribution in [1.82, 2.24) is 10.2 Å². The van der Waals surface area contributed by atoms with Crippen molar-refractivity contribution in [2.45, 2.75) is 19.0 Å². The van der Waals surface area contributed by atoms with Gasteiger partial charge in [0.05, 0.1) is 6.54 Å². The number of rotatable bonds is 3. The lowest BCUT2D eigenvalue weighted by Gasteiger charge is -2.22. The lowest BCUT2D eigenvalue weighted by Crippen LogP contribution is -2.40. The van der Waals surface area contributed by atoms with E-state index in [4.69, 9.17) is 9.47 Å². The summed E-state index contributed by atoms with van der Waals surface area (Å²) in [5.41, 5.74) is 0.00973. The molecule has 134 valence electrons. The zero-order valence-corrected chi connectivity index (χ0v) is 15.3. The van der Waals surface area contributed by atoms with E-state index in [1.54, 1.807) is 25.1 Å². The molecule has 2 aromatic rings. The zero-order chi connectivity index (χ0) is 18.5. The fourth-order valence-electron chi connectivity index (χ4n) is 3.06. The Labute approximate surface area is 157 Å². The van der Waals surface area contributed by atoms with Crippen molar-refractivity contribution in [1.29, 1.82) is 0 Å². The minimum absolute atomic E-state index is 0.0334. The number of ether oxygens (including phenoxy) is 2. The molecule has 8 heteroatoms. The van der Waals surface area contributed by atoms with E-state index in [0.29, 0.717) is 27.1 Å². The van der Waals surface area contributed by atoms with Crippen molar-refractivity contribution in [3.8, 4) is 11.5 Å². The molecule has 0 radical (unpaired) electrons. The maximum Gasteiger partial charge on any atom is 0.325 e. The molecule has 1 saturated heterocycles. The topological polar surface area (TPSA) is 67.9 Å². The van der Waals surface area contributed by atoms with Gasteiger partial charge in [-0.1, -0.05) is 28.1 Å². The SMILES string of the molecule is CC1(c2ccc3c(c2)OCO3)NC(=O)N(Cc2ccc(F)cc2Br)C1=O. The third-order valence-electron chi connectivity index (χ3n) is 4.57. The van der Waals surface area contributed by atoms with Crippen LogP contribution in [0, 0.1) is 5.82 Å². The van der Waals surface area contributed by atoms with Crippen LogP contribution in [0.1, 0.15) is 18.1 Å². The molecular formula is C18H14BrFN2O4. The summed E-state index contributed by atoms with van der Waals surface area (Å²) in [6.07, 6.45) is 0. The lowest BCUT2D eigenvalue weighted by atomic mass is 9.91. The molecular weight excluding hydrogens is 407 g/mol. The van der Waals surface area contributed by atoms with Crippen LogP contribution in [-0.2, 0) is 16.9 Å². The van der Waals surface area contributed by atoms with Gasteiger partial charge in [0.2, 0.25) is 6.79 Å². The molecule has 4 rings (SSSR count). The summed E-state index contributed by atoms with van der Waals surface area (Å²) >= 11 is 3.26. The van der Waals surface area contributed by atoms with Crippen LogP contribution in [0.2, 0.25) is 0 Å². The van der Waals surface area contributed by atoms with Gasteiger partial charge in [-0.2, -0.15) is 0 Å². The van der Waals surface area contributed by atoms with E-state index in [-0.39, 0.29) is 13.3 Å². The molecule has 1 fully saturated rings. The smallest absolute Gasteiger partial charge is 0.325 e. The van der Waals surface area contributed by atoms with Crippen molar-refractivity contribution in [3.63, 3.8) is 0 Å². The maximum atomic E-state index is 13.3. The number of fused-ring (bicyclic) bond motifs is 1.